The van der Waals surface area contributed by atoms with Crippen molar-refractivity contribution in [3.63, 3.8) is 0 Å². The summed E-state index contributed by atoms with van der Waals surface area (Å²) in [5, 5.41) is 7.20. The average molecular weight is 292 g/mol. The Labute approximate surface area is 123 Å². The van der Waals surface area contributed by atoms with Crippen LogP contribution < -0.4 is 10.6 Å². The molecule has 0 fully saturated rings. The SMILES string of the molecule is CCc1ccc(NC(=S)Nc2ccc(Cl)cn2)cc1. The van der Waals surface area contributed by atoms with Gasteiger partial charge in [0, 0.05) is 11.9 Å². The van der Waals surface area contributed by atoms with E-state index in [1.807, 2.05) is 12.1 Å². The molecule has 98 valence electrons. The molecule has 0 aliphatic rings. The molecule has 0 spiro atoms. The number of thiocarbonyl (C=S) groups is 1. The second-order valence-electron chi connectivity index (χ2n) is 3.99. The number of aromatic nitrogens is 1. The van der Waals surface area contributed by atoms with E-state index in [0.717, 1.165) is 12.1 Å². The Hall–Kier alpha value is -1.65. The third-order valence-corrected chi connectivity index (χ3v) is 3.02. The van der Waals surface area contributed by atoms with Crippen LogP contribution in [-0.2, 0) is 6.42 Å². The quantitative estimate of drug-likeness (QED) is 0.835. The Balaban J connectivity index is 1.95. The normalized spacial score (nSPS) is 10.0. The molecule has 1 aromatic carbocycles. The zero-order valence-corrected chi connectivity index (χ0v) is 12.1. The van der Waals surface area contributed by atoms with Crippen molar-refractivity contribution in [3.8, 4) is 0 Å². The Morgan fingerprint density at radius 2 is 1.89 bits per heavy atom. The van der Waals surface area contributed by atoms with Crippen molar-refractivity contribution in [3.05, 3.63) is 53.2 Å². The summed E-state index contributed by atoms with van der Waals surface area (Å²) < 4.78 is 0. The van der Waals surface area contributed by atoms with E-state index in [1.165, 1.54) is 5.56 Å². The monoisotopic (exact) mass is 291 g/mol. The Morgan fingerprint density at radius 1 is 1.16 bits per heavy atom. The maximum atomic E-state index is 5.77. The highest BCUT2D eigenvalue weighted by Crippen LogP contribution is 2.12. The molecule has 0 amide bonds. The van der Waals surface area contributed by atoms with Gasteiger partial charge in [0.15, 0.2) is 5.11 Å². The summed E-state index contributed by atoms with van der Waals surface area (Å²) in [5.74, 6) is 0.659. The van der Waals surface area contributed by atoms with E-state index >= 15 is 0 Å². The number of benzene rings is 1. The van der Waals surface area contributed by atoms with Crippen molar-refractivity contribution in [2.45, 2.75) is 13.3 Å². The summed E-state index contributed by atoms with van der Waals surface area (Å²) in [6.07, 6.45) is 2.60. The van der Waals surface area contributed by atoms with Gasteiger partial charge in [-0.3, -0.25) is 0 Å². The number of hydrogen-bond acceptors (Lipinski definition) is 2. The lowest BCUT2D eigenvalue weighted by molar-refractivity contribution is 1.14. The lowest BCUT2D eigenvalue weighted by Gasteiger charge is -2.10. The highest BCUT2D eigenvalue weighted by molar-refractivity contribution is 7.80. The summed E-state index contributed by atoms with van der Waals surface area (Å²) in [4.78, 5) is 4.12. The molecule has 0 radical (unpaired) electrons. The molecule has 0 unspecified atom stereocenters. The van der Waals surface area contributed by atoms with Crippen LogP contribution in [-0.4, -0.2) is 10.1 Å². The number of aryl methyl sites for hydroxylation is 1. The van der Waals surface area contributed by atoms with Gasteiger partial charge in [-0.1, -0.05) is 30.7 Å². The molecule has 0 atom stereocenters. The van der Waals surface area contributed by atoms with E-state index in [1.54, 1.807) is 18.3 Å². The molecular weight excluding hydrogens is 278 g/mol. The standard InChI is InChI=1S/C14H14ClN3S/c1-2-10-3-6-12(7-4-10)17-14(19)18-13-8-5-11(15)9-16-13/h3-9H,2H2,1H3,(H2,16,17,18,19). The van der Waals surface area contributed by atoms with E-state index in [4.69, 9.17) is 23.8 Å². The fraction of sp³-hybridized carbons (Fsp3) is 0.143. The molecule has 1 aromatic heterocycles. The largest absolute Gasteiger partial charge is 0.332 e. The molecular formula is C14H14ClN3S. The van der Waals surface area contributed by atoms with Gasteiger partial charge in [-0.2, -0.15) is 0 Å². The van der Waals surface area contributed by atoms with Crippen LogP contribution in [0.2, 0.25) is 5.02 Å². The zero-order chi connectivity index (χ0) is 13.7. The van der Waals surface area contributed by atoms with Gasteiger partial charge < -0.3 is 10.6 Å². The van der Waals surface area contributed by atoms with Crippen LogP contribution >= 0.6 is 23.8 Å². The van der Waals surface area contributed by atoms with Crippen LogP contribution in [0, 0.1) is 0 Å². The van der Waals surface area contributed by atoms with Gasteiger partial charge in [0.1, 0.15) is 5.82 Å². The van der Waals surface area contributed by atoms with Gasteiger partial charge in [0.2, 0.25) is 0 Å². The fourth-order valence-electron chi connectivity index (χ4n) is 1.55. The van der Waals surface area contributed by atoms with Gasteiger partial charge in [0.05, 0.1) is 5.02 Å². The molecule has 3 nitrogen and oxygen atoms in total. The molecule has 19 heavy (non-hydrogen) atoms. The Kier molecular flexibility index (Phi) is 4.71. The molecule has 2 N–H and O–H groups in total. The number of nitrogens with one attached hydrogen (secondary N) is 2. The van der Waals surface area contributed by atoms with Crippen molar-refractivity contribution in [2.75, 3.05) is 10.6 Å². The number of pyridine rings is 1. The summed E-state index contributed by atoms with van der Waals surface area (Å²) in [7, 11) is 0. The van der Waals surface area contributed by atoms with Crippen LogP contribution in [0.1, 0.15) is 12.5 Å². The number of nitrogens with zero attached hydrogens (tertiary/aromatic N) is 1. The first-order valence-electron chi connectivity index (χ1n) is 5.96. The summed E-state index contributed by atoms with van der Waals surface area (Å²) in [6, 6.07) is 11.7. The second kappa shape index (κ2) is 6.50. The first kappa shape index (κ1) is 13.8. The first-order chi connectivity index (χ1) is 9.17. The molecule has 0 aliphatic heterocycles. The number of rotatable bonds is 3. The van der Waals surface area contributed by atoms with E-state index < -0.39 is 0 Å². The first-order valence-corrected chi connectivity index (χ1v) is 6.74. The van der Waals surface area contributed by atoms with Crippen LogP contribution in [0.3, 0.4) is 0 Å². The molecule has 0 saturated carbocycles. The fourth-order valence-corrected chi connectivity index (χ4v) is 1.89. The molecule has 5 heteroatoms. The van der Waals surface area contributed by atoms with Gasteiger partial charge in [-0.25, -0.2) is 4.98 Å². The topological polar surface area (TPSA) is 37.0 Å². The third kappa shape index (κ3) is 4.19. The van der Waals surface area contributed by atoms with Gasteiger partial charge in [-0.15, -0.1) is 0 Å². The third-order valence-electron chi connectivity index (χ3n) is 2.59. The minimum atomic E-state index is 0.499. The second-order valence-corrected chi connectivity index (χ2v) is 4.84. The summed E-state index contributed by atoms with van der Waals surface area (Å²) in [5.41, 5.74) is 2.24. The summed E-state index contributed by atoms with van der Waals surface area (Å²) >= 11 is 11.0. The molecule has 1 heterocycles. The van der Waals surface area contributed by atoms with Crippen LogP contribution in [0.5, 0.6) is 0 Å². The minimum absolute atomic E-state index is 0.499. The average Bonchev–Trinajstić information content (AvgIpc) is 2.42. The van der Waals surface area contributed by atoms with Crippen molar-refractivity contribution < 1.29 is 0 Å². The van der Waals surface area contributed by atoms with Gasteiger partial charge in [-0.05, 0) is 48.5 Å². The van der Waals surface area contributed by atoms with E-state index in [9.17, 15) is 0 Å². The zero-order valence-electron chi connectivity index (χ0n) is 10.5. The van der Waals surface area contributed by atoms with Crippen LogP contribution in [0.25, 0.3) is 0 Å². The maximum Gasteiger partial charge on any atom is 0.176 e. The molecule has 0 bridgehead atoms. The van der Waals surface area contributed by atoms with Crippen molar-refractivity contribution >= 4 is 40.4 Å². The molecule has 0 aliphatic carbocycles. The molecule has 0 saturated heterocycles. The lowest BCUT2D eigenvalue weighted by atomic mass is 10.1. The highest BCUT2D eigenvalue weighted by Gasteiger charge is 2.00. The van der Waals surface area contributed by atoms with Crippen molar-refractivity contribution in [1.29, 1.82) is 0 Å². The lowest BCUT2D eigenvalue weighted by Crippen LogP contribution is -2.19. The van der Waals surface area contributed by atoms with Gasteiger partial charge in [0.25, 0.3) is 0 Å². The molecule has 2 aromatic rings. The van der Waals surface area contributed by atoms with Crippen LogP contribution in [0.15, 0.2) is 42.6 Å². The van der Waals surface area contributed by atoms with E-state index in [0.29, 0.717) is 16.0 Å². The summed E-state index contributed by atoms with van der Waals surface area (Å²) in [6.45, 7) is 2.13. The Bertz CT molecular complexity index is 552. The van der Waals surface area contributed by atoms with E-state index in [-0.39, 0.29) is 0 Å². The predicted octanol–water partition coefficient (Wildman–Crippen LogP) is 4.11. The number of halogens is 1. The number of hydrogen-bond donors (Lipinski definition) is 2. The maximum absolute atomic E-state index is 5.77. The predicted molar refractivity (Wildman–Crippen MR) is 84.9 cm³/mol. The van der Waals surface area contributed by atoms with Crippen LogP contribution in [0.4, 0.5) is 11.5 Å². The number of anilines is 2. The van der Waals surface area contributed by atoms with Crippen molar-refractivity contribution in [2.24, 2.45) is 0 Å². The Morgan fingerprint density at radius 3 is 2.47 bits per heavy atom. The van der Waals surface area contributed by atoms with E-state index in [2.05, 4.69) is 34.7 Å². The minimum Gasteiger partial charge on any atom is -0.332 e. The smallest absolute Gasteiger partial charge is 0.176 e. The highest BCUT2D eigenvalue weighted by atomic mass is 35.5. The van der Waals surface area contributed by atoms with Crippen molar-refractivity contribution in [1.82, 2.24) is 4.98 Å². The molecule has 2 rings (SSSR count). The van der Waals surface area contributed by atoms with Gasteiger partial charge >= 0.3 is 0 Å².